The van der Waals surface area contributed by atoms with E-state index in [2.05, 4.69) is 20.7 Å². The number of carbonyl (C=O) groups excluding carboxylic acids is 2. The molecule has 2 heterocycles. The molecule has 0 aliphatic heterocycles. The molecule has 0 fully saturated rings. The second-order valence-electron chi connectivity index (χ2n) is 8.29. The number of nitrogens with one attached hydrogen (secondary N) is 2. The van der Waals surface area contributed by atoms with Crippen molar-refractivity contribution in [1.29, 1.82) is 0 Å². The highest BCUT2D eigenvalue weighted by atomic mass is 16.6. The summed E-state index contributed by atoms with van der Waals surface area (Å²) in [6.45, 7) is 9.30. The molecule has 2 amide bonds. The van der Waals surface area contributed by atoms with Gasteiger partial charge in [-0.3, -0.25) is 10.1 Å². The quantitative estimate of drug-likeness (QED) is 0.636. The molecule has 3 aromatic rings. The van der Waals surface area contributed by atoms with Crippen LogP contribution in [0.1, 0.15) is 37.7 Å². The van der Waals surface area contributed by atoms with Crippen molar-refractivity contribution in [2.45, 2.75) is 46.6 Å². The number of anilines is 2. The first-order valence-electron chi connectivity index (χ1n) is 9.97. The predicted molar refractivity (Wildman–Crippen MR) is 119 cm³/mol. The van der Waals surface area contributed by atoms with Crippen molar-refractivity contribution >= 4 is 23.4 Å². The van der Waals surface area contributed by atoms with Gasteiger partial charge in [0, 0.05) is 11.4 Å². The normalized spacial score (nSPS) is 11.1. The molecule has 0 aliphatic carbocycles. The summed E-state index contributed by atoms with van der Waals surface area (Å²) < 4.78 is 6.98. The van der Waals surface area contributed by atoms with Gasteiger partial charge in [-0.1, -0.05) is 12.1 Å². The second kappa shape index (κ2) is 8.99. The zero-order chi connectivity index (χ0) is 22.6. The Balaban J connectivity index is 1.54. The summed E-state index contributed by atoms with van der Waals surface area (Å²) in [6.07, 6.45) is 1.29. The molecular weight excluding hydrogens is 394 g/mol. The summed E-state index contributed by atoms with van der Waals surface area (Å²) in [5.41, 5.74) is 3.38. The Labute approximate surface area is 181 Å². The van der Waals surface area contributed by atoms with Crippen molar-refractivity contribution in [3.8, 4) is 5.82 Å². The number of amides is 2. The Hall–Kier alpha value is -3.68. The van der Waals surface area contributed by atoms with E-state index in [1.54, 1.807) is 62.0 Å². The fourth-order valence-electron chi connectivity index (χ4n) is 2.96. The standard InChI is InChI=1S/C23H27N5O3/c1-15-12-16(2)28(27-15)20-11-10-19(14-24-20)25-21(29)13-17-6-8-18(9-7-17)26-22(30)31-23(3,4)5/h6-12,14H,13H2,1-5H3,(H,25,29)(H,26,30). The predicted octanol–water partition coefficient (Wildman–Crippen LogP) is 4.41. The van der Waals surface area contributed by atoms with Gasteiger partial charge in [0.2, 0.25) is 5.91 Å². The molecule has 31 heavy (non-hydrogen) atoms. The topological polar surface area (TPSA) is 98.1 Å². The molecule has 0 saturated heterocycles. The number of hydrogen-bond acceptors (Lipinski definition) is 5. The highest BCUT2D eigenvalue weighted by molar-refractivity contribution is 5.92. The number of aryl methyl sites for hydroxylation is 2. The first-order chi connectivity index (χ1) is 14.6. The van der Waals surface area contributed by atoms with Crippen molar-refractivity contribution in [3.05, 3.63) is 65.6 Å². The molecule has 162 valence electrons. The van der Waals surface area contributed by atoms with E-state index in [0.717, 1.165) is 17.0 Å². The molecule has 1 aromatic carbocycles. The monoisotopic (exact) mass is 421 g/mol. The van der Waals surface area contributed by atoms with Crippen LogP contribution < -0.4 is 10.6 Å². The van der Waals surface area contributed by atoms with E-state index >= 15 is 0 Å². The van der Waals surface area contributed by atoms with Crippen LogP contribution in [0, 0.1) is 13.8 Å². The van der Waals surface area contributed by atoms with E-state index in [4.69, 9.17) is 4.74 Å². The van der Waals surface area contributed by atoms with Crippen molar-refractivity contribution in [1.82, 2.24) is 14.8 Å². The lowest BCUT2D eigenvalue weighted by atomic mass is 10.1. The van der Waals surface area contributed by atoms with Gasteiger partial charge < -0.3 is 10.1 Å². The van der Waals surface area contributed by atoms with Crippen LogP contribution in [0.3, 0.4) is 0 Å². The van der Waals surface area contributed by atoms with Crippen LogP contribution in [0.4, 0.5) is 16.2 Å². The van der Waals surface area contributed by atoms with Gasteiger partial charge in [0.05, 0.1) is 24.0 Å². The molecule has 0 saturated carbocycles. The van der Waals surface area contributed by atoms with Crippen LogP contribution >= 0.6 is 0 Å². The van der Waals surface area contributed by atoms with Crippen LogP contribution in [0.2, 0.25) is 0 Å². The van der Waals surface area contributed by atoms with Gasteiger partial charge in [0.1, 0.15) is 5.60 Å². The van der Waals surface area contributed by atoms with Gasteiger partial charge in [-0.2, -0.15) is 5.10 Å². The molecule has 2 N–H and O–H groups in total. The lowest BCUT2D eigenvalue weighted by Gasteiger charge is -2.19. The zero-order valence-corrected chi connectivity index (χ0v) is 18.4. The highest BCUT2D eigenvalue weighted by Crippen LogP contribution is 2.15. The summed E-state index contributed by atoms with van der Waals surface area (Å²) in [5, 5.41) is 9.91. The number of rotatable bonds is 5. The molecule has 0 atom stereocenters. The number of aromatic nitrogens is 3. The number of nitrogens with zero attached hydrogens (tertiary/aromatic N) is 3. The minimum Gasteiger partial charge on any atom is -0.444 e. The number of hydrogen-bond donors (Lipinski definition) is 2. The Bertz CT molecular complexity index is 1060. The molecule has 8 heteroatoms. The summed E-state index contributed by atoms with van der Waals surface area (Å²) in [4.78, 5) is 28.6. The number of carbonyl (C=O) groups is 2. The minimum atomic E-state index is -0.564. The summed E-state index contributed by atoms with van der Waals surface area (Å²) in [5.74, 6) is 0.533. The molecule has 0 unspecified atom stereocenters. The first-order valence-corrected chi connectivity index (χ1v) is 9.97. The van der Waals surface area contributed by atoms with Crippen molar-refractivity contribution in [2.24, 2.45) is 0 Å². The van der Waals surface area contributed by atoms with Gasteiger partial charge in [-0.05, 0) is 70.5 Å². The Morgan fingerprint density at radius 2 is 1.68 bits per heavy atom. The van der Waals surface area contributed by atoms with Gasteiger partial charge in [-0.25, -0.2) is 14.5 Å². The number of pyridine rings is 1. The van der Waals surface area contributed by atoms with E-state index in [1.165, 1.54) is 0 Å². The molecule has 2 aromatic heterocycles. The van der Waals surface area contributed by atoms with Crippen molar-refractivity contribution in [2.75, 3.05) is 10.6 Å². The van der Waals surface area contributed by atoms with Crippen molar-refractivity contribution in [3.63, 3.8) is 0 Å². The molecule has 0 bridgehead atoms. The number of benzene rings is 1. The molecular formula is C23H27N5O3. The van der Waals surface area contributed by atoms with Crippen LogP contribution in [-0.2, 0) is 16.0 Å². The number of ether oxygens (including phenoxy) is 1. The average Bonchev–Trinajstić information content (AvgIpc) is 3.00. The van der Waals surface area contributed by atoms with Crippen molar-refractivity contribution < 1.29 is 14.3 Å². The van der Waals surface area contributed by atoms with E-state index in [-0.39, 0.29) is 12.3 Å². The third kappa shape index (κ3) is 6.40. The minimum absolute atomic E-state index is 0.159. The third-order valence-corrected chi connectivity index (χ3v) is 4.22. The maximum absolute atomic E-state index is 12.4. The van der Waals surface area contributed by atoms with Crippen LogP contribution in [0.5, 0.6) is 0 Å². The third-order valence-electron chi connectivity index (χ3n) is 4.22. The summed E-state index contributed by atoms with van der Waals surface area (Å²) >= 11 is 0. The smallest absolute Gasteiger partial charge is 0.412 e. The van der Waals surface area contributed by atoms with E-state index in [0.29, 0.717) is 17.2 Å². The Kier molecular flexibility index (Phi) is 6.39. The van der Waals surface area contributed by atoms with Crippen LogP contribution in [0.25, 0.3) is 5.82 Å². The largest absolute Gasteiger partial charge is 0.444 e. The fraction of sp³-hybridized carbons (Fsp3) is 0.304. The maximum atomic E-state index is 12.4. The summed E-state index contributed by atoms with van der Waals surface area (Å²) in [7, 11) is 0. The molecule has 8 nitrogen and oxygen atoms in total. The van der Waals surface area contributed by atoms with Crippen LogP contribution in [-0.4, -0.2) is 32.4 Å². The SMILES string of the molecule is Cc1cc(C)n(-c2ccc(NC(=O)Cc3ccc(NC(=O)OC(C)(C)C)cc3)cn2)n1. The first kappa shape index (κ1) is 22.0. The molecule has 0 aliphatic rings. The van der Waals surface area contributed by atoms with E-state index < -0.39 is 11.7 Å². The van der Waals surface area contributed by atoms with E-state index in [1.807, 2.05) is 26.0 Å². The zero-order valence-electron chi connectivity index (χ0n) is 18.4. The lowest BCUT2D eigenvalue weighted by molar-refractivity contribution is -0.115. The molecule has 3 rings (SSSR count). The molecule has 0 spiro atoms. The summed E-state index contributed by atoms with van der Waals surface area (Å²) in [6, 6.07) is 12.6. The van der Waals surface area contributed by atoms with Gasteiger partial charge in [-0.15, -0.1) is 0 Å². The highest BCUT2D eigenvalue weighted by Gasteiger charge is 2.16. The lowest BCUT2D eigenvalue weighted by Crippen LogP contribution is -2.27. The van der Waals surface area contributed by atoms with Gasteiger partial charge in [0.15, 0.2) is 5.82 Å². The average molecular weight is 422 g/mol. The van der Waals surface area contributed by atoms with Gasteiger partial charge in [0.25, 0.3) is 0 Å². The Morgan fingerprint density at radius 3 is 2.23 bits per heavy atom. The van der Waals surface area contributed by atoms with Crippen LogP contribution in [0.15, 0.2) is 48.7 Å². The van der Waals surface area contributed by atoms with Gasteiger partial charge >= 0.3 is 6.09 Å². The maximum Gasteiger partial charge on any atom is 0.412 e. The molecule has 0 radical (unpaired) electrons. The Morgan fingerprint density at radius 1 is 1.00 bits per heavy atom. The van der Waals surface area contributed by atoms with E-state index in [9.17, 15) is 9.59 Å². The second-order valence-corrected chi connectivity index (χ2v) is 8.29. The fourth-order valence-corrected chi connectivity index (χ4v) is 2.96.